The number of anilines is 1. The molecule has 1 aliphatic rings. The number of rotatable bonds is 4. The average molecular weight is 392 g/mol. The number of carbonyl (C=O) groups is 1. The monoisotopic (exact) mass is 392 g/mol. The van der Waals surface area contributed by atoms with Gasteiger partial charge in [-0.1, -0.05) is 20.8 Å². The van der Waals surface area contributed by atoms with E-state index in [0.29, 0.717) is 4.90 Å². The lowest BCUT2D eigenvalue weighted by atomic mass is 10.1. The predicted molar refractivity (Wildman–Crippen MR) is 89.1 cm³/mol. The maximum Gasteiger partial charge on any atom is 0.420 e. The molecule has 0 spiro atoms. The standard InChI is InChI=1S/C15H15F5N4O.C2H6/c1-2-10-13(15(18,19)20)11(3-4-22-10)23-7-12(25)24-8-14(16,17)5-9(24)6-21;1-2/h3-4,9H,2,5,7-8H2,1H3,(H,22,23);1-2H3. The fraction of sp³-hybridized carbons (Fsp3) is 0.588. The normalized spacial score (nSPS) is 18.3. The summed E-state index contributed by atoms with van der Waals surface area (Å²) in [4.78, 5) is 16.4. The molecule has 0 aliphatic carbocycles. The van der Waals surface area contributed by atoms with Crippen molar-refractivity contribution in [1.82, 2.24) is 9.88 Å². The summed E-state index contributed by atoms with van der Waals surface area (Å²) in [6.07, 6.45) is -4.25. The van der Waals surface area contributed by atoms with E-state index in [1.165, 1.54) is 13.1 Å². The van der Waals surface area contributed by atoms with Gasteiger partial charge in [-0.25, -0.2) is 8.78 Å². The molecule has 1 amide bonds. The molecule has 1 fully saturated rings. The van der Waals surface area contributed by atoms with E-state index < -0.39 is 49.1 Å². The quantitative estimate of drug-likeness (QED) is 0.790. The number of nitrogens with one attached hydrogen (secondary N) is 1. The number of halogens is 5. The summed E-state index contributed by atoms with van der Waals surface area (Å²) >= 11 is 0. The number of pyridine rings is 1. The molecule has 1 aromatic rings. The number of aryl methyl sites for hydroxylation is 1. The lowest BCUT2D eigenvalue weighted by molar-refractivity contribution is -0.138. The van der Waals surface area contributed by atoms with Crippen molar-refractivity contribution in [2.45, 2.75) is 51.8 Å². The molecule has 10 heteroatoms. The summed E-state index contributed by atoms with van der Waals surface area (Å²) in [5.74, 6) is -4.05. The van der Waals surface area contributed by atoms with Gasteiger partial charge in [-0.15, -0.1) is 0 Å². The number of hydrogen-bond acceptors (Lipinski definition) is 4. The SMILES string of the molecule is CC.CCc1nccc(NCC(=O)N2CC(F)(F)CC2C#N)c1C(F)(F)F. The molecule has 150 valence electrons. The first-order chi connectivity index (χ1) is 12.6. The van der Waals surface area contributed by atoms with E-state index in [1.807, 2.05) is 13.8 Å². The topological polar surface area (TPSA) is 69.0 Å². The third-order valence-corrected chi connectivity index (χ3v) is 3.82. The summed E-state index contributed by atoms with van der Waals surface area (Å²) in [5, 5.41) is 11.2. The molecule has 0 bridgehead atoms. The van der Waals surface area contributed by atoms with Crippen molar-refractivity contribution in [1.29, 1.82) is 5.26 Å². The van der Waals surface area contributed by atoms with Crippen LogP contribution in [0.25, 0.3) is 0 Å². The molecule has 0 saturated carbocycles. The van der Waals surface area contributed by atoms with Crippen LogP contribution in [0.5, 0.6) is 0 Å². The van der Waals surface area contributed by atoms with Crippen LogP contribution in [0.2, 0.25) is 0 Å². The van der Waals surface area contributed by atoms with Crippen LogP contribution < -0.4 is 5.32 Å². The number of hydrogen-bond donors (Lipinski definition) is 1. The van der Waals surface area contributed by atoms with E-state index >= 15 is 0 Å². The third-order valence-electron chi connectivity index (χ3n) is 3.82. The van der Waals surface area contributed by atoms with Crippen LogP contribution in [0.4, 0.5) is 27.6 Å². The Balaban J connectivity index is 0.00000176. The summed E-state index contributed by atoms with van der Waals surface area (Å²) in [6, 6.07) is 1.38. The highest BCUT2D eigenvalue weighted by Gasteiger charge is 2.47. The lowest BCUT2D eigenvalue weighted by Gasteiger charge is -2.21. The molecule has 27 heavy (non-hydrogen) atoms. The van der Waals surface area contributed by atoms with E-state index in [9.17, 15) is 26.7 Å². The number of nitrogens with zero attached hydrogens (tertiary/aromatic N) is 3. The van der Waals surface area contributed by atoms with Gasteiger partial charge in [-0.3, -0.25) is 9.78 Å². The highest BCUT2D eigenvalue weighted by atomic mass is 19.4. The Labute approximate surface area is 154 Å². The van der Waals surface area contributed by atoms with Crippen LogP contribution in [0, 0.1) is 11.3 Å². The first-order valence-corrected chi connectivity index (χ1v) is 8.45. The van der Waals surface area contributed by atoms with E-state index in [0.717, 1.165) is 6.07 Å². The van der Waals surface area contributed by atoms with E-state index in [-0.39, 0.29) is 17.8 Å². The van der Waals surface area contributed by atoms with Gasteiger partial charge in [-0.2, -0.15) is 18.4 Å². The Morgan fingerprint density at radius 2 is 2.07 bits per heavy atom. The molecular weight excluding hydrogens is 371 g/mol. The molecule has 1 aromatic heterocycles. The van der Waals surface area contributed by atoms with Crippen molar-refractivity contribution in [2.24, 2.45) is 0 Å². The summed E-state index contributed by atoms with van der Waals surface area (Å²) in [6.45, 7) is 3.95. The average Bonchev–Trinajstić information content (AvgIpc) is 2.95. The molecular formula is C17H21F5N4O. The Bertz CT molecular complexity index is 700. The number of likely N-dealkylation sites (tertiary alicyclic amines) is 1. The van der Waals surface area contributed by atoms with Crippen molar-refractivity contribution in [3.8, 4) is 6.07 Å². The second kappa shape index (κ2) is 8.97. The molecule has 0 aromatic carbocycles. The Morgan fingerprint density at radius 3 is 2.59 bits per heavy atom. The van der Waals surface area contributed by atoms with Crippen LogP contribution in [0.1, 0.15) is 38.4 Å². The maximum atomic E-state index is 13.4. The minimum Gasteiger partial charge on any atom is -0.376 e. The molecule has 1 aliphatic heterocycles. The fourth-order valence-electron chi connectivity index (χ4n) is 2.70. The van der Waals surface area contributed by atoms with Gasteiger partial charge in [0.2, 0.25) is 5.91 Å². The third kappa shape index (κ3) is 5.52. The molecule has 2 rings (SSSR count). The van der Waals surface area contributed by atoms with Gasteiger partial charge in [-0.05, 0) is 12.5 Å². The van der Waals surface area contributed by atoms with Crippen LogP contribution in [-0.2, 0) is 17.4 Å². The van der Waals surface area contributed by atoms with Gasteiger partial charge in [0.1, 0.15) is 11.6 Å². The largest absolute Gasteiger partial charge is 0.420 e. The minimum atomic E-state index is -4.68. The van der Waals surface area contributed by atoms with E-state index in [4.69, 9.17) is 5.26 Å². The Hall–Kier alpha value is -2.44. The molecule has 1 atom stereocenters. The fourth-order valence-corrected chi connectivity index (χ4v) is 2.70. The van der Waals surface area contributed by atoms with Gasteiger partial charge in [0.15, 0.2) is 0 Å². The molecule has 1 saturated heterocycles. The molecule has 0 radical (unpaired) electrons. The zero-order valence-corrected chi connectivity index (χ0v) is 15.2. The highest BCUT2D eigenvalue weighted by Crippen LogP contribution is 2.37. The van der Waals surface area contributed by atoms with Crippen LogP contribution in [0.15, 0.2) is 12.3 Å². The van der Waals surface area contributed by atoms with Crippen molar-refractivity contribution >= 4 is 11.6 Å². The first-order valence-electron chi connectivity index (χ1n) is 8.45. The van der Waals surface area contributed by atoms with Gasteiger partial charge >= 0.3 is 6.18 Å². The molecule has 5 nitrogen and oxygen atoms in total. The number of aromatic nitrogens is 1. The van der Waals surface area contributed by atoms with Crippen LogP contribution in [0.3, 0.4) is 0 Å². The second-order valence-corrected chi connectivity index (χ2v) is 5.61. The molecule has 1 N–H and O–H groups in total. The van der Waals surface area contributed by atoms with Crippen molar-refractivity contribution in [2.75, 3.05) is 18.4 Å². The summed E-state index contributed by atoms with van der Waals surface area (Å²) in [5.41, 5.74) is -1.53. The van der Waals surface area contributed by atoms with Gasteiger partial charge in [0.05, 0.1) is 30.5 Å². The zero-order valence-electron chi connectivity index (χ0n) is 15.2. The van der Waals surface area contributed by atoms with Gasteiger partial charge in [0.25, 0.3) is 5.92 Å². The highest BCUT2D eigenvalue weighted by molar-refractivity contribution is 5.82. The predicted octanol–water partition coefficient (Wildman–Crippen LogP) is 3.86. The second-order valence-electron chi connectivity index (χ2n) is 5.61. The lowest BCUT2D eigenvalue weighted by Crippen LogP contribution is -2.39. The maximum absolute atomic E-state index is 13.4. The van der Waals surface area contributed by atoms with Crippen molar-refractivity contribution in [3.05, 3.63) is 23.5 Å². The first kappa shape index (κ1) is 22.6. The minimum absolute atomic E-state index is 0.0349. The van der Waals surface area contributed by atoms with Crippen LogP contribution >= 0.6 is 0 Å². The Morgan fingerprint density at radius 1 is 1.44 bits per heavy atom. The van der Waals surface area contributed by atoms with E-state index in [2.05, 4.69) is 10.3 Å². The number of amides is 1. The van der Waals surface area contributed by atoms with Crippen LogP contribution in [-0.4, -0.2) is 40.8 Å². The smallest absolute Gasteiger partial charge is 0.376 e. The van der Waals surface area contributed by atoms with Gasteiger partial charge < -0.3 is 10.2 Å². The van der Waals surface area contributed by atoms with Crippen molar-refractivity contribution < 1.29 is 26.7 Å². The number of carbonyl (C=O) groups excluding carboxylic acids is 1. The van der Waals surface area contributed by atoms with E-state index in [1.54, 1.807) is 6.07 Å². The summed E-state index contributed by atoms with van der Waals surface area (Å²) < 4.78 is 66.4. The zero-order chi connectivity index (χ0) is 20.8. The number of alkyl halides is 5. The Kier molecular flexibility index (Phi) is 7.51. The molecule has 1 unspecified atom stereocenters. The summed E-state index contributed by atoms with van der Waals surface area (Å²) in [7, 11) is 0. The van der Waals surface area contributed by atoms with Gasteiger partial charge in [0, 0.05) is 12.6 Å². The van der Waals surface area contributed by atoms with Crippen molar-refractivity contribution in [3.63, 3.8) is 0 Å². The number of nitriles is 1. The molecule has 2 heterocycles.